The van der Waals surface area contributed by atoms with Crippen molar-refractivity contribution in [2.75, 3.05) is 12.4 Å². The summed E-state index contributed by atoms with van der Waals surface area (Å²) in [5.41, 5.74) is -0.0720. The normalized spacial score (nSPS) is 10.3. The van der Waals surface area contributed by atoms with E-state index in [1.54, 1.807) is 31.4 Å². The lowest BCUT2D eigenvalue weighted by molar-refractivity contribution is -0.116. The van der Waals surface area contributed by atoms with Gasteiger partial charge in [-0.1, -0.05) is 41.6 Å². The molecule has 0 aliphatic carbocycles. The molecule has 0 spiro atoms. The first-order valence-electron chi connectivity index (χ1n) is 10.00. The van der Waals surface area contributed by atoms with Crippen LogP contribution in [0.5, 0.6) is 11.5 Å². The molecule has 3 rings (SSSR count). The third-order valence-corrected chi connectivity index (χ3v) is 5.25. The predicted octanol–water partition coefficient (Wildman–Crippen LogP) is 2.54. The van der Waals surface area contributed by atoms with Crippen LogP contribution in [0, 0.1) is 11.8 Å². The molecule has 33 heavy (non-hydrogen) atoms. The van der Waals surface area contributed by atoms with E-state index in [1.165, 1.54) is 19.2 Å². The second kappa shape index (κ2) is 10.6. The number of halogens is 1. The number of aromatic nitrogens is 2. The van der Waals surface area contributed by atoms with Gasteiger partial charge in [-0.2, -0.15) is 0 Å². The van der Waals surface area contributed by atoms with Crippen LogP contribution in [0.2, 0.25) is 5.15 Å². The molecule has 0 atom stereocenters. The van der Waals surface area contributed by atoms with Gasteiger partial charge in [-0.05, 0) is 42.3 Å². The zero-order valence-electron chi connectivity index (χ0n) is 18.1. The fourth-order valence-electron chi connectivity index (χ4n) is 3.04. The van der Waals surface area contributed by atoms with Crippen molar-refractivity contribution in [3.8, 4) is 23.3 Å². The van der Waals surface area contributed by atoms with Crippen molar-refractivity contribution in [3.05, 3.63) is 85.6 Å². The number of hydrogen-bond acceptors (Lipinski definition) is 5. The van der Waals surface area contributed by atoms with Crippen LogP contribution in [0.25, 0.3) is 0 Å². The number of aromatic hydroxyl groups is 1. The van der Waals surface area contributed by atoms with E-state index in [0.717, 1.165) is 14.7 Å². The molecular weight excluding hydrogens is 446 g/mol. The molecule has 1 amide bonds. The number of methoxy groups -OCH3 is 1. The fourth-order valence-corrected chi connectivity index (χ4v) is 3.30. The monoisotopic (exact) mass is 467 g/mol. The van der Waals surface area contributed by atoms with Crippen LogP contribution in [0.4, 0.5) is 5.69 Å². The van der Waals surface area contributed by atoms with Crippen molar-refractivity contribution in [1.29, 1.82) is 0 Å². The molecule has 1 aromatic heterocycles. The van der Waals surface area contributed by atoms with Crippen LogP contribution in [0.1, 0.15) is 17.5 Å². The molecule has 0 radical (unpaired) electrons. The average molecular weight is 468 g/mol. The van der Waals surface area contributed by atoms with Gasteiger partial charge in [0.15, 0.2) is 0 Å². The zero-order chi connectivity index (χ0) is 24.0. The van der Waals surface area contributed by atoms with Crippen LogP contribution in [-0.2, 0) is 24.8 Å². The minimum Gasteiger partial charge on any atom is -0.508 e. The molecule has 8 nitrogen and oxygen atoms in total. The number of rotatable bonds is 6. The van der Waals surface area contributed by atoms with Gasteiger partial charge in [0, 0.05) is 19.0 Å². The smallest absolute Gasteiger partial charge is 0.332 e. The minimum atomic E-state index is -0.708. The Kier molecular flexibility index (Phi) is 7.59. The Labute approximate surface area is 195 Å². The Hall–Kier alpha value is -3.96. The Morgan fingerprint density at radius 1 is 1.18 bits per heavy atom. The van der Waals surface area contributed by atoms with Crippen LogP contribution in [0.3, 0.4) is 0 Å². The van der Waals surface area contributed by atoms with E-state index in [-0.39, 0.29) is 29.6 Å². The second-order valence-electron chi connectivity index (χ2n) is 7.15. The maximum atomic E-state index is 12.5. The summed E-state index contributed by atoms with van der Waals surface area (Å²) in [7, 11) is 2.87. The van der Waals surface area contributed by atoms with Gasteiger partial charge in [0.2, 0.25) is 5.91 Å². The molecule has 3 aromatic rings. The SMILES string of the molecule is COc1ccc(CCC(=O)Nc2c(Cl)n(CC#Cc3cccc(O)c3)c(=O)n(C)c2=O)cc1. The Balaban J connectivity index is 1.77. The van der Waals surface area contributed by atoms with Gasteiger partial charge in [-0.15, -0.1) is 0 Å². The summed E-state index contributed by atoms with van der Waals surface area (Å²) in [6, 6.07) is 13.6. The topological polar surface area (TPSA) is 103 Å². The van der Waals surface area contributed by atoms with Gasteiger partial charge >= 0.3 is 5.69 Å². The first-order chi connectivity index (χ1) is 15.8. The van der Waals surface area contributed by atoms with Crippen LogP contribution in [-0.4, -0.2) is 27.3 Å². The molecule has 1 heterocycles. The number of ether oxygens (including phenoxy) is 1. The van der Waals surface area contributed by atoms with Gasteiger partial charge in [0.1, 0.15) is 22.3 Å². The number of benzene rings is 2. The van der Waals surface area contributed by atoms with Crippen molar-refractivity contribution < 1.29 is 14.6 Å². The van der Waals surface area contributed by atoms with Crippen molar-refractivity contribution in [1.82, 2.24) is 9.13 Å². The number of aryl methyl sites for hydroxylation is 1. The molecule has 9 heteroatoms. The third kappa shape index (κ3) is 5.84. The van der Waals surface area contributed by atoms with Crippen LogP contribution >= 0.6 is 11.6 Å². The predicted molar refractivity (Wildman–Crippen MR) is 126 cm³/mol. The van der Waals surface area contributed by atoms with Gasteiger partial charge < -0.3 is 15.2 Å². The van der Waals surface area contributed by atoms with Gasteiger partial charge in [-0.25, -0.2) is 4.79 Å². The van der Waals surface area contributed by atoms with Gasteiger partial charge in [0.05, 0.1) is 13.7 Å². The maximum Gasteiger partial charge on any atom is 0.332 e. The minimum absolute atomic E-state index is 0.0683. The van der Waals surface area contributed by atoms with Gasteiger partial charge in [-0.3, -0.25) is 18.7 Å². The summed E-state index contributed by atoms with van der Waals surface area (Å²) < 4.78 is 7.07. The summed E-state index contributed by atoms with van der Waals surface area (Å²) in [6.45, 7) is -0.115. The standard InChI is InChI=1S/C24H22ClN3O5/c1-27-23(31)21(26-20(30)13-10-16-8-11-19(33-2)12-9-16)22(25)28(24(27)32)14-4-6-17-5-3-7-18(29)15-17/h3,5,7-9,11-12,15,29H,10,13-14H2,1-2H3,(H,26,30). The van der Waals surface area contributed by atoms with E-state index in [0.29, 0.717) is 17.7 Å². The summed E-state index contributed by atoms with van der Waals surface area (Å²) >= 11 is 6.31. The van der Waals surface area contributed by atoms with Crippen molar-refractivity contribution in [3.63, 3.8) is 0 Å². The van der Waals surface area contributed by atoms with Crippen molar-refractivity contribution in [2.45, 2.75) is 19.4 Å². The molecule has 0 fully saturated rings. The summed E-state index contributed by atoms with van der Waals surface area (Å²) in [4.78, 5) is 37.5. The molecule has 0 unspecified atom stereocenters. The van der Waals surface area contributed by atoms with Crippen LogP contribution in [0.15, 0.2) is 58.1 Å². The van der Waals surface area contributed by atoms with E-state index in [4.69, 9.17) is 16.3 Å². The molecule has 0 saturated heterocycles. The number of amides is 1. The van der Waals surface area contributed by atoms with E-state index >= 15 is 0 Å². The summed E-state index contributed by atoms with van der Waals surface area (Å²) in [5.74, 6) is 5.97. The molecule has 0 bridgehead atoms. The molecule has 2 aromatic carbocycles. The Morgan fingerprint density at radius 2 is 1.91 bits per heavy atom. The largest absolute Gasteiger partial charge is 0.508 e. The second-order valence-corrected chi connectivity index (χ2v) is 7.51. The molecule has 2 N–H and O–H groups in total. The zero-order valence-corrected chi connectivity index (χ0v) is 18.8. The lowest BCUT2D eigenvalue weighted by Gasteiger charge is -2.13. The molecular formula is C24H22ClN3O5. The molecule has 0 aliphatic heterocycles. The molecule has 0 saturated carbocycles. The van der Waals surface area contributed by atoms with E-state index in [9.17, 15) is 19.5 Å². The van der Waals surface area contributed by atoms with E-state index in [1.807, 2.05) is 12.1 Å². The number of nitrogens with one attached hydrogen (secondary N) is 1. The number of carbonyl (C=O) groups is 1. The fraction of sp³-hybridized carbons (Fsp3) is 0.208. The third-order valence-electron chi connectivity index (χ3n) is 4.86. The highest BCUT2D eigenvalue weighted by atomic mass is 35.5. The number of phenolic OH excluding ortho intramolecular Hbond substituents is 1. The lowest BCUT2D eigenvalue weighted by Crippen LogP contribution is -2.40. The number of phenols is 1. The highest BCUT2D eigenvalue weighted by Gasteiger charge is 2.17. The maximum absolute atomic E-state index is 12.5. The van der Waals surface area contributed by atoms with Crippen molar-refractivity contribution in [2.24, 2.45) is 7.05 Å². The quantitative estimate of drug-likeness (QED) is 0.428. The number of nitrogens with zero attached hydrogens (tertiary/aromatic N) is 2. The molecule has 170 valence electrons. The Bertz CT molecular complexity index is 1350. The first-order valence-corrected chi connectivity index (χ1v) is 10.4. The van der Waals surface area contributed by atoms with E-state index < -0.39 is 17.2 Å². The summed E-state index contributed by atoms with van der Waals surface area (Å²) in [5, 5.41) is 11.8. The summed E-state index contributed by atoms with van der Waals surface area (Å²) in [6.07, 6.45) is 0.561. The highest BCUT2D eigenvalue weighted by Crippen LogP contribution is 2.17. The number of anilines is 1. The van der Waals surface area contributed by atoms with E-state index in [2.05, 4.69) is 17.2 Å². The average Bonchev–Trinajstić information content (AvgIpc) is 2.81. The number of hydrogen-bond donors (Lipinski definition) is 2. The van der Waals surface area contributed by atoms with Crippen molar-refractivity contribution >= 4 is 23.2 Å². The Morgan fingerprint density at radius 3 is 2.58 bits per heavy atom. The van der Waals surface area contributed by atoms with Crippen LogP contribution < -0.4 is 21.3 Å². The lowest BCUT2D eigenvalue weighted by atomic mass is 10.1. The highest BCUT2D eigenvalue weighted by molar-refractivity contribution is 6.32. The van der Waals surface area contributed by atoms with Gasteiger partial charge in [0.25, 0.3) is 5.56 Å². The molecule has 0 aliphatic rings. The first kappa shape index (κ1) is 23.7. The number of carbonyl (C=O) groups excluding carboxylic acids is 1.